The molecule has 2 heterocycles. The minimum absolute atomic E-state index is 0.0355. The summed E-state index contributed by atoms with van der Waals surface area (Å²) in [4.78, 5) is 31.6. The Morgan fingerprint density at radius 1 is 1.29 bits per heavy atom. The van der Waals surface area contributed by atoms with Gasteiger partial charge in [-0.2, -0.15) is 0 Å². The van der Waals surface area contributed by atoms with Crippen LogP contribution in [0.15, 0.2) is 24.4 Å². The summed E-state index contributed by atoms with van der Waals surface area (Å²) in [6, 6.07) is 5.70. The highest BCUT2D eigenvalue weighted by atomic mass is 32.1. The molecule has 112 valence electrons. The average Bonchev–Trinajstić information content (AvgIpc) is 2.53. The van der Waals surface area contributed by atoms with E-state index < -0.39 is 11.8 Å². The normalized spacial score (nSPS) is 14.7. The summed E-state index contributed by atoms with van der Waals surface area (Å²) >= 11 is 4.65. The standard InChI is InChI=1S/C13H17N5O2S/c14-10(21)9-16-12(19)13(20)18-7-5-17(6-8-18)11-3-1-2-4-15-11/h1-4H,5-9H2,(H2,14,21)(H,16,19). The molecule has 2 amide bonds. The molecule has 21 heavy (non-hydrogen) atoms. The Morgan fingerprint density at radius 2 is 2.00 bits per heavy atom. The largest absolute Gasteiger partial charge is 0.392 e. The molecule has 0 bridgehead atoms. The maximum Gasteiger partial charge on any atom is 0.312 e. The number of thiocarbonyl (C=S) groups is 1. The summed E-state index contributed by atoms with van der Waals surface area (Å²) in [6.07, 6.45) is 1.73. The number of nitrogens with one attached hydrogen (secondary N) is 1. The van der Waals surface area contributed by atoms with E-state index in [1.807, 2.05) is 18.2 Å². The maximum absolute atomic E-state index is 11.9. The molecule has 0 radical (unpaired) electrons. The molecule has 0 spiro atoms. The third-order valence-corrected chi connectivity index (χ3v) is 3.30. The van der Waals surface area contributed by atoms with Crippen LogP contribution >= 0.6 is 12.2 Å². The van der Waals surface area contributed by atoms with Gasteiger partial charge in [-0.25, -0.2) is 4.98 Å². The molecule has 1 aliphatic heterocycles. The van der Waals surface area contributed by atoms with E-state index in [0.717, 1.165) is 5.82 Å². The van der Waals surface area contributed by atoms with E-state index in [1.165, 1.54) is 4.90 Å². The van der Waals surface area contributed by atoms with Crippen molar-refractivity contribution >= 4 is 34.8 Å². The van der Waals surface area contributed by atoms with Crippen molar-refractivity contribution in [1.29, 1.82) is 0 Å². The van der Waals surface area contributed by atoms with Gasteiger partial charge in [0.05, 0.1) is 11.5 Å². The molecule has 7 nitrogen and oxygen atoms in total. The van der Waals surface area contributed by atoms with E-state index in [1.54, 1.807) is 6.20 Å². The van der Waals surface area contributed by atoms with Crippen molar-refractivity contribution in [2.24, 2.45) is 5.73 Å². The summed E-state index contributed by atoms with van der Waals surface area (Å²) < 4.78 is 0. The number of amides is 2. The molecule has 1 aromatic heterocycles. The second-order valence-electron chi connectivity index (χ2n) is 4.62. The number of carbonyl (C=O) groups excluding carboxylic acids is 2. The number of nitrogens with zero attached hydrogens (tertiary/aromatic N) is 3. The summed E-state index contributed by atoms with van der Waals surface area (Å²) in [6.45, 7) is 2.29. The lowest BCUT2D eigenvalue weighted by Gasteiger charge is -2.34. The molecule has 1 aromatic rings. The van der Waals surface area contributed by atoms with Crippen molar-refractivity contribution < 1.29 is 9.59 Å². The molecule has 1 saturated heterocycles. The van der Waals surface area contributed by atoms with Gasteiger partial charge in [-0.05, 0) is 12.1 Å². The second kappa shape index (κ2) is 6.98. The average molecular weight is 307 g/mol. The van der Waals surface area contributed by atoms with Crippen LogP contribution in [0.2, 0.25) is 0 Å². The van der Waals surface area contributed by atoms with Gasteiger partial charge in [0.1, 0.15) is 5.82 Å². The highest BCUT2D eigenvalue weighted by Gasteiger charge is 2.26. The Hall–Kier alpha value is -2.22. The van der Waals surface area contributed by atoms with Gasteiger partial charge in [-0.1, -0.05) is 18.3 Å². The number of anilines is 1. The smallest absolute Gasteiger partial charge is 0.312 e. The third-order valence-electron chi connectivity index (χ3n) is 3.16. The van der Waals surface area contributed by atoms with Gasteiger partial charge < -0.3 is 20.9 Å². The summed E-state index contributed by atoms with van der Waals surface area (Å²) in [5.41, 5.74) is 5.28. The highest BCUT2D eigenvalue weighted by Crippen LogP contribution is 2.12. The van der Waals surface area contributed by atoms with E-state index >= 15 is 0 Å². The van der Waals surface area contributed by atoms with E-state index in [-0.39, 0.29) is 11.5 Å². The number of nitrogens with two attached hydrogens (primary N) is 1. The second-order valence-corrected chi connectivity index (χ2v) is 5.14. The van der Waals surface area contributed by atoms with Crippen LogP contribution in [0, 0.1) is 0 Å². The third kappa shape index (κ3) is 4.12. The number of carbonyl (C=O) groups is 2. The van der Waals surface area contributed by atoms with Crippen LogP contribution in [-0.2, 0) is 9.59 Å². The monoisotopic (exact) mass is 307 g/mol. The van der Waals surface area contributed by atoms with Gasteiger partial charge >= 0.3 is 11.8 Å². The van der Waals surface area contributed by atoms with Gasteiger partial charge in [-0.3, -0.25) is 9.59 Å². The summed E-state index contributed by atoms with van der Waals surface area (Å²) in [7, 11) is 0. The van der Waals surface area contributed by atoms with Crippen LogP contribution in [0.25, 0.3) is 0 Å². The van der Waals surface area contributed by atoms with Crippen molar-refractivity contribution in [1.82, 2.24) is 15.2 Å². The molecule has 1 fully saturated rings. The predicted octanol–water partition coefficient (Wildman–Crippen LogP) is -0.867. The molecular weight excluding hydrogens is 290 g/mol. The van der Waals surface area contributed by atoms with Crippen molar-refractivity contribution in [3.05, 3.63) is 24.4 Å². The van der Waals surface area contributed by atoms with Crippen LogP contribution in [0.4, 0.5) is 5.82 Å². The molecule has 1 aliphatic rings. The fraction of sp³-hybridized carbons (Fsp3) is 0.385. The van der Waals surface area contributed by atoms with Crippen LogP contribution in [0.5, 0.6) is 0 Å². The van der Waals surface area contributed by atoms with Gasteiger partial charge in [0.2, 0.25) is 0 Å². The minimum Gasteiger partial charge on any atom is -0.392 e. The van der Waals surface area contributed by atoms with Crippen molar-refractivity contribution in [2.75, 3.05) is 37.6 Å². The number of hydrogen-bond acceptors (Lipinski definition) is 5. The van der Waals surface area contributed by atoms with E-state index in [0.29, 0.717) is 26.2 Å². The molecule has 0 aliphatic carbocycles. The van der Waals surface area contributed by atoms with Gasteiger partial charge in [0.15, 0.2) is 0 Å². The Labute approximate surface area is 128 Å². The molecule has 8 heteroatoms. The topological polar surface area (TPSA) is 91.6 Å². The van der Waals surface area contributed by atoms with Gasteiger partial charge in [0.25, 0.3) is 0 Å². The lowest BCUT2D eigenvalue weighted by Crippen LogP contribution is -2.53. The molecular formula is C13H17N5O2S. The number of aromatic nitrogens is 1. The number of rotatable bonds is 3. The SMILES string of the molecule is NC(=S)CNC(=O)C(=O)N1CCN(c2ccccn2)CC1. The fourth-order valence-electron chi connectivity index (χ4n) is 2.07. The van der Waals surface area contributed by atoms with Gasteiger partial charge in [-0.15, -0.1) is 0 Å². The Kier molecular flexibility index (Phi) is 5.04. The Balaban J connectivity index is 1.84. The van der Waals surface area contributed by atoms with Crippen LogP contribution < -0.4 is 16.0 Å². The molecule has 3 N–H and O–H groups in total. The van der Waals surface area contributed by atoms with Crippen LogP contribution in [0.1, 0.15) is 0 Å². The van der Waals surface area contributed by atoms with Crippen molar-refractivity contribution in [3.8, 4) is 0 Å². The van der Waals surface area contributed by atoms with E-state index in [4.69, 9.17) is 5.73 Å². The maximum atomic E-state index is 11.9. The molecule has 0 atom stereocenters. The first-order chi connectivity index (χ1) is 10.1. The lowest BCUT2D eigenvalue weighted by molar-refractivity contribution is -0.145. The predicted molar refractivity (Wildman–Crippen MR) is 82.8 cm³/mol. The molecule has 2 rings (SSSR count). The lowest BCUT2D eigenvalue weighted by atomic mass is 10.3. The minimum atomic E-state index is -0.672. The first-order valence-corrected chi connectivity index (χ1v) is 7.00. The zero-order valence-corrected chi connectivity index (χ0v) is 12.3. The summed E-state index contributed by atoms with van der Waals surface area (Å²) in [5.74, 6) is -0.344. The zero-order valence-electron chi connectivity index (χ0n) is 11.5. The van der Waals surface area contributed by atoms with E-state index in [2.05, 4.69) is 27.4 Å². The molecule has 0 aromatic carbocycles. The van der Waals surface area contributed by atoms with Crippen LogP contribution in [-0.4, -0.2) is 59.4 Å². The number of hydrogen-bond donors (Lipinski definition) is 2. The number of pyridine rings is 1. The molecule has 0 unspecified atom stereocenters. The summed E-state index contributed by atoms with van der Waals surface area (Å²) in [5, 5.41) is 2.40. The highest BCUT2D eigenvalue weighted by molar-refractivity contribution is 7.80. The van der Waals surface area contributed by atoms with Crippen molar-refractivity contribution in [2.45, 2.75) is 0 Å². The van der Waals surface area contributed by atoms with E-state index in [9.17, 15) is 9.59 Å². The molecule has 0 saturated carbocycles. The van der Waals surface area contributed by atoms with Gasteiger partial charge in [0, 0.05) is 32.4 Å². The Bertz CT molecular complexity index is 529. The zero-order chi connectivity index (χ0) is 15.2. The first kappa shape index (κ1) is 15.2. The van der Waals surface area contributed by atoms with Crippen molar-refractivity contribution in [3.63, 3.8) is 0 Å². The Morgan fingerprint density at radius 3 is 2.57 bits per heavy atom. The van der Waals surface area contributed by atoms with Crippen LogP contribution in [0.3, 0.4) is 0 Å². The quantitative estimate of drug-likeness (QED) is 0.557. The first-order valence-electron chi connectivity index (χ1n) is 6.59. The number of piperazine rings is 1. The fourth-order valence-corrected chi connectivity index (χ4v) is 2.14.